The third-order valence-electron chi connectivity index (χ3n) is 2.30. The van der Waals surface area contributed by atoms with Crippen LogP contribution >= 0.6 is 11.8 Å². The van der Waals surface area contributed by atoms with Crippen molar-refractivity contribution in [3.05, 3.63) is 0 Å². The van der Waals surface area contributed by atoms with Gasteiger partial charge in [0.25, 0.3) is 0 Å². The lowest BCUT2D eigenvalue weighted by Crippen LogP contribution is -2.16. The highest BCUT2D eigenvalue weighted by atomic mass is 32.2. The monoisotopic (exact) mass is 187 g/mol. The standard InChI is InChI=1S/C9H17NOS/c10-6-7-12-9(11)8-4-2-1-3-5-8/h8H,1-7,10H2. The minimum absolute atomic E-state index is 0.343. The molecule has 70 valence electrons. The van der Waals surface area contributed by atoms with Crippen LogP contribution < -0.4 is 5.73 Å². The van der Waals surface area contributed by atoms with E-state index in [1.54, 1.807) is 0 Å². The van der Waals surface area contributed by atoms with Gasteiger partial charge in [-0.3, -0.25) is 4.79 Å². The van der Waals surface area contributed by atoms with Crippen LogP contribution in [-0.2, 0) is 4.79 Å². The van der Waals surface area contributed by atoms with E-state index >= 15 is 0 Å². The average Bonchev–Trinajstić information content (AvgIpc) is 2.15. The van der Waals surface area contributed by atoms with E-state index in [9.17, 15) is 4.79 Å². The molecule has 2 nitrogen and oxygen atoms in total. The van der Waals surface area contributed by atoms with Crippen LogP contribution in [0.25, 0.3) is 0 Å². The first-order valence-electron chi connectivity index (χ1n) is 4.71. The molecule has 0 aromatic carbocycles. The Bertz CT molecular complexity index is 143. The summed E-state index contributed by atoms with van der Waals surface area (Å²) in [4.78, 5) is 11.5. The number of hydrogen-bond acceptors (Lipinski definition) is 3. The van der Waals surface area contributed by atoms with Crippen LogP contribution in [0.5, 0.6) is 0 Å². The van der Waals surface area contributed by atoms with Gasteiger partial charge >= 0.3 is 0 Å². The zero-order chi connectivity index (χ0) is 8.81. The third kappa shape index (κ3) is 3.15. The average molecular weight is 187 g/mol. The molecule has 0 spiro atoms. The Labute approximate surface area is 78.3 Å². The van der Waals surface area contributed by atoms with Gasteiger partial charge in [0.2, 0.25) is 0 Å². The predicted octanol–water partition coefficient (Wildman–Crippen LogP) is 1.79. The number of carbonyl (C=O) groups is 1. The second-order valence-corrected chi connectivity index (χ2v) is 4.39. The molecule has 1 saturated carbocycles. The topological polar surface area (TPSA) is 43.1 Å². The summed E-state index contributed by atoms with van der Waals surface area (Å²) in [6, 6.07) is 0. The summed E-state index contributed by atoms with van der Waals surface area (Å²) < 4.78 is 0. The van der Waals surface area contributed by atoms with E-state index in [1.165, 1.54) is 31.0 Å². The Balaban J connectivity index is 2.20. The van der Waals surface area contributed by atoms with Gasteiger partial charge in [0.15, 0.2) is 5.12 Å². The summed E-state index contributed by atoms with van der Waals surface area (Å²) in [6.45, 7) is 0.614. The van der Waals surface area contributed by atoms with Gasteiger partial charge in [0.05, 0.1) is 0 Å². The molecule has 1 rings (SSSR count). The highest BCUT2D eigenvalue weighted by Gasteiger charge is 2.20. The van der Waals surface area contributed by atoms with Gasteiger partial charge in [-0.2, -0.15) is 0 Å². The van der Waals surface area contributed by atoms with Crippen LogP contribution in [0.3, 0.4) is 0 Å². The zero-order valence-corrected chi connectivity index (χ0v) is 8.24. The summed E-state index contributed by atoms with van der Waals surface area (Å²) in [5.74, 6) is 1.13. The summed E-state index contributed by atoms with van der Waals surface area (Å²) >= 11 is 1.42. The van der Waals surface area contributed by atoms with Crippen molar-refractivity contribution in [2.24, 2.45) is 11.7 Å². The van der Waals surface area contributed by atoms with Gasteiger partial charge in [0, 0.05) is 18.2 Å². The minimum atomic E-state index is 0.343. The highest BCUT2D eigenvalue weighted by Crippen LogP contribution is 2.27. The van der Waals surface area contributed by atoms with Crippen molar-refractivity contribution in [3.63, 3.8) is 0 Å². The molecule has 1 aliphatic carbocycles. The van der Waals surface area contributed by atoms with Crippen LogP contribution in [-0.4, -0.2) is 17.4 Å². The first kappa shape index (κ1) is 10.1. The number of rotatable bonds is 3. The normalized spacial score (nSPS) is 19.4. The van der Waals surface area contributed by atoms with Crippen LogP contribution in [0.4, 0.5) is 0 Å². The van der Waals surface area contributed by atoms with Gasteiger partial charge in [0.1, 0.15) is 0 Å². The Morgan fingerprint density at radius 3 is 2.58 bits per heavy atom. The molecule has 0 atom stereocenters. The fraction of sp³-hybridized carbons (Fsp3) is 0.889. The van der Waals surface area contributed by atoms with Gasteiger partial charge in [-0.25, -0.2) is 0 Å². The van der Waals surface area contributed by atoms with Gasteiger partial charge in [-0.05, 0) is 12.8 Å². The molecule has 1 fully saturated rings. The maximum Gasteiger partial charge on any atom is 0.192 e. The van der Waals surface area contributed by atoms with Crippen molar-refractivity contribution in [2.75, 3.05) is 12.3 Å². The molecule has 0 aromatic heterocycles. The molecule has 3 heteroatoms. The van der Waals surface area contributed by atoms with Crippen molar-refractivity contribution in [3.8, 4) is 0 Å². The number of hydrogen-bond donors (Lipinski definition) is 1. The van der Waals surface area contributed by atoms with Gasteiger partial charge in [-0.15, -0.1) is 0 Å². The van der Waals surface area contributed by atoms with E-state index in [2.05, 4.69) is 0 Å². The molecule has 0 heterocycles. The van der Waals surface area contributed by atoms with Crippen molar-refractivity contribution in [2.45, 2.75) is 32.1 Å². The van der Waals surface area contributed by atoms with Crippen LogP contribution in [0.15, 0.2) is 0 Å². The van der Waals surface area contributed by atoms with Crippen molar-refractivity contribution in [1.82, 2.24) is 0 Å². The summed E-state index contributed by atoms with van der Waals surface area (Å²) in [7, 11) is 0. The molecule has 0 bridgehead atoms. The van der Waals surface area contributed by atoms with E-state index in [0.717, 1.165) is 18.6 Å². The third-order valence-corrected chi connectivity index (χ3v) is 3.36. The minimum Gasteiger partial charge on any atom is -0.330 e. The molecular weight excluding hydrogens is 170 g/mol. The Hall–Kier alpha value is -0.0200. The van der Waals surface area contributed by atoms with Crippen molar-refractivity contribution in [1.29, 1.82) is 0 Å². The van der Waals surface area contributed by atoms with Crippen molar-refractivity contribution >= 4 is 16.9 Å². The van der Waals surface area contributed by atoms with E-state index in [4.69, 9.17) is 5.73 Å². The van der Waals surface area contributed by atoms with Crippen LogP contribution in [0.1, 0.15) is 32.1 Å². The van der Waals surface area contributed by atoms with E-state index in [1.807, 2.05) is 0 Å². The van der Waals surface area contributed by atoms with Gasteiger partial charge < -0.3 is 5.73 Å². The van der Waals surface area contributed by atoms with E-state index in [0.29, 0.717) is 17.6 Å². The quantitative estimate of drug-likeness (QED) is 0.732. The first-order chi connectivity index (χ1) is 5.84. The Morgan fingerprint density at radius 1 is 1.33 bits per heavy atom. The molecule has 0 saturated heterocycles. The molecule has 0 unspecified atom stereocenters. The molecule has 0 aromatic rings. The molecule has 1 aliphatic rings. The first-order valence-corrected chi connectivity index (χ1v) is 5.70. The molecule has 2 N–H and O–H groups in total. The Kier molecular flexibility index (Phi) is 4.69. The van der Waals surface area contributed by atoms with Crippen molar-refractivity contribution < 1.29 is 4.79 Å². The maximum atomic E-state index is 11.5. The van der Waals surface area contributed by atoms with E-state index in [-0.39, 0.29) is 0 Å². The maximum absolute atomic E-state index is 11.5. The lowest BCUT2D eigenvalue weighted by Gasteiger charge is -2.19. The predicted molar refractivity (Wildman–Crippen MR) is 53.1 cm³/mol. The smallest absolute Gasteiger partial charge is 0.192 e. The Morgan fingerprint density at radius 2 is 2.00 bits per heavy atom. The van der Waals surface area contributed by atoms with Gasteiger partial charge in [-0.1, -0.05) is 31.0 Å². The number of carbonyl (C=O) groups excluding carboxylic acids is 1. The largest absolute Gasteiger partial charge is 0.330 e. The lowest BCUT2D eigenvalue weighted by atomic mass is 9.90. The lowest BCUT2D eigenvalue weighted by molar-refractivity contribution is -0.115. The second-order valence-electron chi connectivity index (χ2n) is 3.29. The second kappa shape index (κ2) is 5.60. The highest BCUT2D eigenvalue weighted by molar-refractivity contribution is 8.13. The summed E-state index contributed by atoms with van der Waals surface area (Å²) in [6.07, 6.45) is 6.00. The number of thioether (sulfide) groups is 1. The summed E-state index contributed by atoms with van der Waals surface area (Å²) in [5, 5.41) is 0.375. The molecule has 0 amide bonds. The molecule has 0 aliphatic heterocycles. The zero-order valence-electron chi connectivity index (χ0n) is 7.42. The number of nitrogens with two attached hydrogens (primary N) is 1. The molecule has 12 heavy (non-hydrogen) atoms. The van der Waals surface area contributed by atoms with Crippen LogP contribution in [0, 0.1) is 5.92 Å². The molecule has 0 radical (unpaired) electrons. The SMILES string of the molecule is NCCSC(=O)C1CCCCC1. The van der Waals surface area contributed by atoms with Crippen LogP contribution in [0.2, 0.25) is 0 Å². The summed E-state index contributed by atoms with van der Waals surface area (Å²) in [5.41, 5.74) is 5.33. The molecular formula is C9H17NOS. The fourth-order valence-corrected chi connectivity index (χ4v) is 2.41. The van der Waals surface area contributed by atoms with E-state index < -0.39 is 0 Å². The fourth-order valence-electron chi connectivity index (χ4n) is 1.62.